The zero-order valence-corrected chi connectivity index (χ0v) is 15.4. The van der Waals surface area contributed by atoms with Gasteiger partial charge in [0.25, 0.3) is 5.91 Å². The lowest BCUT2D eigenvalue weighted by Gasteiger charge is -2.09. The fraction of sp³-hybridized carbons (Fsp3) is 0.278. The summed E-state index contributed by atoms with van der Waals surface area (Å²) in [6.45, 7) is 1.38. The number of amides is 3. The highest BCUT2D eigenvalue weighted by atomic mass is 19.4. The number of carbonyl (C=O) groups is 3. The molecule has 0 aliphatic carbocycles. The van der Waals surface area contributed by atoms with Crippen LogP contribution in [0, 0.1) is 0 Å². The minimum Gasteiger partial charge on any atom is -0.493 e. The highest BCUT2D eigenvalue weighted by molar-refractivity contribution is 5.96. The molecule has 0 bridgehead atoms. The number of benzene rings is 1. The van der Waals surface area contributed by atoms with E-state index >= 15 is 0 Å². The second kappa shape index (κ2) is 11.4. The Labute approximate surface area is 164 Å². The molecule has 0 atom stereocenters. The van der Waals surface area contributed by atoms with Crippen LogP contribution >= 0.6 is 0 Å². The molecule has 0 aliphatic heterocycles. The minimum absolute atomic E-state index is 0.286. The van der Waals surface area contributed by atoms with Crippen molar-refractivity contribution in [2.75, 3.05) is 26.9 Å². The van der Waals surface area contributed by atoms with E-state index in [1.807, 2.05) is 0 Å². The Balaban J connectivity index is 2.49. The Morgan fingerprint density at radius 3 is 2.55 bits per heavy atom. The SMILES string of the molecule is C=CCOc1ccc(/C=C/C(=O)OCC(=O)NC(=O)NCC(F)(F)F)cc1OC. The van der Waals surface area contributed by atoms with Crippen molar-refractivity contribution in [2.24, 2.45) is 0 Å². The average Bonchev–Trinajstić information content (AvgIpc) is 2.67. The fourth-order valence-corrected chi connectivity index (χ4v) is 1.79. The molecule has 0 radical (unpaired) electrons. The number of rotatable bonds is 9. The summed E-state index contributed by atoms with van der Waals surface area (Å²) >= 11 is 0. The zero-order chi connectivity index (χ0) is 21.9. The van der Waals surface area contributed by atoms with Gasteiger partial charge in [-0.25, -0.2) is 9.59 Å². The van der Waals surface area contributed by atoms with Crippen molar-refractivity contribution in [1.82, 2.24) is 10.6 Å². The van der Waals surface area contributed by atoms with Gasteiger partial charge >= 0.3 is 18.2 Å². The van der Waals surface area contributed by atoms with Gasteiger partial charge in [0.1, 0.15) is 13.2 Å². The van der Waals surface area contributed by atoms with Crippen LogP contribution in [-0.2, 0) is 14.3 Å². The maximum absolute atomic E-state index is 11.9. The van der Waals surface area contributed by atoms with E-state index in [1.54, 1.807) is 29.6 Å². The van der Waals surface area contributed by atoms with Gasteiger partial charge < -0.3 is 19.5 Å². The highest BCUT2D eigenvalue weighted by Gasteiger charge is 2.28. The summed E-state index contributed by atoms with van der Waals surface area (Å²) in [5.74, 6) is -1.09. The van der Waals surface area contributed by atoms with Gasteiger partial charge in [0.15, 0.2) is 18.1 Å². The fourth-order valence-electron chi connectivity index (χ4n) is 1.79. The van der Waals surface area contributed by atoms with Crippen molar-refractivity contribution < 1.29 is 41.8 Å². The Morgan fingerprint density at radius 1 is 1.21 bits per heavy atom. The van der Waals surface area contributed by atoms with Crippen LogP contribution in [-0.4, -0.2) is 51.0 Å². The van der Waals surface area contributed by atoms with Crippen molar-refractivity contribution in [2.45, 2.75) is 6.18 Å². The van der Waals surface area contributed by atoms with Crippen LogP contribution in [0.25, 0.3) is 6.08 Å². The highest BCUT2D eigenvalue weighted by Crippen LogP contribution is 2.28. The smallest absolute Gasteiger partial charge is 0.405 e. The average molecular weight is 416 g/mol. The van der Waals surface area contributed by atoms with Crippen molar-refractivity contribution in [3.63, 3.8) is 0 Å². The summed E-state index contributed by atoms with van der Waals surface area (Å²) < 4.78 is 51.0. The van der Waals surface area contributed by atoms with Crippen LogP contribution in [0.5, 0.6) is 11.5 Å². The Kier molecular flexibility index (Phi) is 9.23. The molecule has 0 saturated heterocycles. The minimum atomic E-state index is -4.61. The summed E-state index contributed by atoms with van der Waals surface area (Å²) in [7, 11) is 1.45. The number of carbonyl (C=O) groups excluding carboxylic acids is 3. The van der Waals surface area contributed by atoms with Gasteiger partial charge in [0, 0.05) is 6.08 Å². The van der Waals surface area contributed by atoms with Crippen LogP contribution in [0.4, 0.5) is 18.0 Å². The maximum atomic E-state index is 11.9. The third-order valence-electron chi connectivity index (χ3n) is 3.00. The molecule has 0 heterocycles. The summed E-state index contributed by atoms with van der Waals surface area (Å²) in [6, 6.07) is 3.51. The molecule has 0 aromatic heterocycles. The van der Waals surface area contributed by atoms with Crippen LogP contribution in [0.1, 0.15) is 5.56 Å². The number of hydrogen-bond acceptors (Lipinski definition) is 6. The number of hydrogen-bond donors (Lipinski definition) is 2. The van der Waals surface area contributed by atoms with E-state index < -0.39 is 37.2 Å². The summed E-state index contributed by atoms with van der Waals surface area (Å²) in [5.41, 5.74) is 0.570. The molecule has 1 rings (SSSR count). The Hall–Kier alpha value is -3.50. The quantitative estimate of drug-likeness (QED) is 0.364. The van der Waals surface area contributed by atoms with Crippen molar-refractivity contribution in [1.29, 1.82) is 0 Å². The third kappa shape index (κ3) is 9.84. The number of methoxy groups -OCH3 is 1. The number of ether oxygens (including phenoxy) is 3. The van der Waals surface area contributed by atoms with Gasteiger partial charge in [-0.05, 0) is 23.8 Å². The van der Waals surface area contributed by atoms with Crippen LogP contribution < -0.4 is 20.1 Å². The molecule has 0 spiro atoms. The normalized spacial score (nSPS) is 10.9. The van der Waals surface area contributed by atoms with E-state index in [0.717, 1.165) is 6.08 Å². The van der Waals surface area contributed by atoms with Crippen molar-refractivity contribution in [3.8, 4) is 11.5 Å². The topological polar surface area (TPSA) is 103 Å². The van der Waals surface area contributed by atoms with E-state index in [4.69, 9.17) is 9.47 Å². The summed E-state index contributed by atoms with van der Waals surface area (Å²) in [4.78, 5) is 34.1. The molecule has 158 valence electrons. The van der Waals surface area contributed by atoms with Crippen molar-refractivity contribution >= 4 is 24.0 Å². The number of halogens is 3. The predicted molar refractivity (Wildman–Crippen MR) is 96.3 cm³/mol. The van der Waals surface area contributed by atoms with E-state index in [9.17, 15) is 27.6 Å². The first-order valence-electron chi connectivity index (χ1n) is 8.05. The molecule has 0 saturated carbocycles. The monoisotopic (exact) mass is 416 g/mol. The van der Waals surface area contributed by atoms with Gasteiger partial charge in [0.2, 0.25) is 0 Å². The van der Waals surface area contributed by atoms with Gasteiger partial charge in [-0.15, -0.1) is 0 Å². The Morgan fingerprint density at radius 2 is 1.93 bits per heavy atom. The number of esters is 1. The summed E-state index contributed by atoms with van der Waals surface area (Å²) in [5, 5.41) is 3.03. The lowest BCUT2D eigenvalue weighted by molar-refractivity contribution is -0.143. The number of urea groups is 1. The number of nitrogens with one attached hydrogen (secondary N) is 2. The van der Waals surface area contributed by atoms with Crippen LogP contribution in [0.3, 0.4) is 0 Å². The maximum Gasteiger partial charge on any atom is 0.405 e. The van der Waals surface area contributed by atoms with Crippen molar-refractivity contribution in [3.05, 3.63) is 42.5 Å². The first kappa shape index (κ1) is 23.5. The van der Waals surface area contributed by atoms with Gasteiger partial charge in [-0.2, -0.15) is 13.2 Å². The molecule has 0 unspecified atom stereocenters. The van der Waals surface area contributed by atoms with E-state index in [0.29, 0.717) is 17.1 Å². The Bertz CT molecular complexity index is 777. The molecule has 0 aliphatic rings. The largest absolute Gasteiger partial charge is 0.493 e. The van der Waals surface area contributed by atoms with Crippen LogP contribution in [0.2, 0.25) is 0 Å². The molecular weight excluding hydrogens is 397 g/mol. The van der Waals surface area contributed by atoms with Gasteiger partial charge in [-0.1, -0.05) is 18.7 Å². The van der Waals surface area contributed by atoms with Gasteiger partial charge in [-0.3, -0.25) is 10.1 Å². The standard InChI is InChI=1S/C18H19F3N2O6/c1-3-8-28-13-6-4-12(9-14(13)27-2)5-7-16(25)29-10-15(24)23-17(26)22-11-18(19,20)21/h3-7,9H,1,8,10-11H2,2H3,(H2,22,23,24,26)/b7-5+. The lowest BCUT2D eigenvalue weighted by Crippen LogP contribution is -2.44. The first-order valence-corrected chi connectivity index (χ1v) is 8.05. The van der Waals surface area contributed by atoms with Crippen LogP contribution in [0.15, 0.2) is 36.9 Å². The predicted octanol–water partition coefficient (Wildman–Crippen LogP) is 2.20. The zero-order valence-electron chi connectivity index (χ0n) is 15.4. The lowest BCUT2D eigenvalue weighted by atomic mass is 10.2. The molecule has 0 fully saturated rings. The molecule has 1 aromatic carbocycles. The molecule has 8 nitrogen and oxygen atoms in total. The van der Waals surface area contributed by atoms with Gasteiger partial charge in [0.05, 0.1) is 7.11 Å². The van der Waals surface area contributed by atoms with E-state index in [-0.39, 0.29) is 6.61 Å². The van der Waals surface area contributed by atoms with E-state index in [2.05, 4.69) is 11.3 Å². The number of alkyl halides is 3. The first-order chi connectivity index (χ1) is 13.6. The molecule has 2 N–H and O–H groups in total. The molecular formula is C18H19F3N2O6. The second-order valence-electron chi connectivity index (χ2n) is 5.30. The number of imide groups is 1. The molecule has 1 aromatic rings. The third-order valence-corrected chi connectivity index (χ3v) is 3.00. The molecule has 3 amide bonds. The van der Waals surface area contributed by atoms with E-state index in [1.165, 1.54) is 18.5 Å². The summed E-state index contributed by atoms with van der Waals surface area (Å²) in [6.07, 6.45) is -0.637. The second-order valence-corrected chi connectivity index (χ2v) is 5.30. The molecule has 29 heavy (non-hydrogen) atoms. The molecule has 11 heteroatoms.